The van der Waals surface area contributed by atoms with Gasteiger partial charge >= 0.3 is 0 Å². The molecular weight excluding hydrogens is 268 g/mol. The van der Waals surface area contributed by atoms with E-state index in [0.717, 1.165) is 16.9 Å². The molecule has 21 heavy (non-hydrogen) atoms. The molecule has 1 atom stereocenters. The van der Waals surface area contributed by atoms with Gasteiger partial charge in [0.25, 0.3) is 5.69 Å². The highest BCUT2D eigenvalue weighted by Gasteiger charge is 2.10. The highest BCUT2D eigenvalue weighted by molar-refractivity contribution is 5.35. The van der Waals surface area contributed by atoms with Crippen molar-refractivity contribution < 1.29 is 9.66 Å². The number of benzene rings is 2. The fourth-order valence-electron chi connectivity index (χ4n) is 2.08. The number of nitrogens with zero attached hydrogens (tertiary/aromatic N) is 1. The van der Waals surface area contributed by atoms with Crippen molar-refractivity contribution in [3.63, 3.8) is 0 Å². The SMILES string of the molecule is COc1cccc(CNC(C)c2cccc([N+](=O)[O-])c2)c1. The van der Waals surface area contributed by atoms with Crippen molar-refractivity contribution in [2.45, 2.75) is 19.5 Å². The van der Waals surface area contributed by atoms with E-state index in [4.69, 9.17) is 4.74 Å². The zero-order valence-corrected chi connectivity index (χ0v) is 12.1. The second kappa shape index (κ2) is 6.85. The topological polar surface area (TPSA) is 64.4 Å². The third-order valence-electron chi connectivity index (χ3n) is 3.33. The number of nitro groups is 1. The van der Waals surface area contributed by atoms with Crippen LogP contribution < -0.4 is 10.1 Å². The first-order chi connectivity index (χ1) is 10.1. The highest BCUT2D eigenvalue weighted by atomic mass is 16.6. The number of nitro benzene ring substituents is 1. The minimum absolute atomic E-state index is 0.0242. The molecule has 0 radical (unpaired) electrons. The zero-order chi connectivity index (χ0) is 15.2. The lowest BCUT2D eigenvalue weighted by Gasteiger charge is -2.14. The van der Waals surface area contributed by atoms with Gasteiger partial charge in [0.2, 0.25) is 0 Å². The fraction of sp³-hybridized carbons (Fsp3) is 0.250. The van der Waals surface area contributed by atoms with Gasteiger partial charge in [-0.3, -0.25) is 10.1 Å². The largest absolute Gasteiger partial charge is 0.497 e. The maximum atomic E-state index is 10.8. The van der Waals surface area contributed by atoms with E-state index in [1.54, 1.807) is 19.2 Å². The van der Waals surface area contributed by atoms with Crippen LogP contribution in [0.1, 0.15) is 24.1 Å². The van der Waals surface area contributed by atoms with Gasteiger partial charge in [0, 0.05) is 24.7 Å². The number of rotatable bonds is 6. The molecule has 0 saturated carbocycles. The van der Waals surface area contributed by atoms with Crippen LogP contribution in [0.4, 0.5) is 5.69 Å². The summed E-state index contributed by atoms with van der Waals surface area (Å²) in [6, 6.07) is 14.5. The average Bonchev–Trinajstić information content (AvgIpc) is 2.53. The minimum Gasteiger partial charge on any atom is -0.497 e. The molecular formula is C16H18N2O3. The molecule has 0 saturated heterocycles. The van der Waals surface area contributed by atoms with Crippen molar-refractivity contribution in [2.75, 3.05) is 7.11 Å². The summed E-state index contributed by atoms with van der Waals surface area (Å²) in [4.78, 5) is 10.4. The molecule has 0 heterocycles. The van der Waals surface area contributed by atoms with Crippen LogP contribution in [0.15, 0.2) is 48.5 Å². The summed E-state index contributed by atoms with van der Waals surface area (Å²) in [5.74, 6) is 0.817. The predicted molar refractivity (Wildman–Crippen MR) is 81.3 cm³/mol. The number of methoxy groups -OCH3 is 1. The van der Waals surface area contributed by atoms with Gasteiger partial charge in [0.1, 0.15) is 5.75 Å². The lowest BCUT2D eigenvalue weighted by atomic mass is 10.1. The normalized spacial score (nSPS) is 11.9. The van der Waals surface area contributed by atoms with Crippen LogP contribution in [0, 0.1) is 10.1 Å². The smallest absolute Gasteiger partial charge is 0.269 e. The van der Waals surface area contributed by atoms with E-state index in [-0.39, 0.29) is 16.7 Å². The lowest BCUT2D eigenvalue weighted by molar-refractivity contribution is -0.384. The monoisotopic (exact) mass is 286 g/mol. The first-order valence-electron chi connectivity index (χ1n) is 6.71. The molecule has 0 amide bonds. The van der Waals surface area contributed by atoms with Gasteiger partial charge in [-0.1, -0.05) is 24.3 Å². The van der Waals surface area contributed by atoms with Gasteiger partial charge in [0.15, 0.2) is 0 Å². The maximum absolute atomic E-state index is 10.8. The van der Waals surface area contributed by atoms with Crippen LogP contribution in [0.5, 0.6) is 5.75 Å². The maximum Gasteiger partial charge on any atom is 0.269 e. The average molecular weight is 286 g/mol. The zero-order valence-electron chi connectivity index (χ0n) is 12.1. The summed E-state index contributed by atoms with van der Waals surface area (Å²) in [7, 11) is 1.64. The summed E-state index contributed by atoms with van der Waals surface area (Å²) in [5, 5.41) is 14.2. The van der Waals surface area contributed by atoms with E-state index in [1.165, 1.54) is 6.07 Å². The first kappa shape index (κ1) is 15.0. The van der Waals surface area contributed by atoms with E-state index < -0.39 is 0 Å². The number of hydrogen-bond donors (Lipinski definition) is 1. The van der Waals surface area contributed by atoms with E-state index in [0.29, 0.717) is 6.54 Å². The van der Waals surface area contributed by atoms with Gasteiger partial charge in [0.05, 0.1) is 12.0 Å². The van der Waals surface area contributed by atoms with Gasteiger partial charge < -0.3 is 10.1 Å². The summed E-state index contributed by atoms with van der Waals surface area (Å²) in [6.45, 7) is 2.65. The second-order valence-corrected chi connectivity index (χ2v) is 4.81. The lowest BCUT2D eigenvalue weighted by Crippen LogP contribution is -2.18. The molecule has 0 fully saturated rings. The fourth-order valence-corrected chi connectivity index (χ4v) is 2.08. The molecule has 0 aliphatic carbocycles. The molecule has 5 nitrogen and oxygen atoms in total. The van der Waals surface area contributed by atoms with Crippen LogP contribution in [-0.4, -0.2) is 12.0 Å². The Morgan fingerprint density at radius 3 is 2.71 bits per heavy atom. The number of hydrogen-bond acceptors (Lipinski definition) is 4. The third kappa shape index (κ3) is 4.03. The van der Waals surface area contributed by atoms with Gasteiger partial charge in [-0.2, -0.15) is 0 Å². The number of nitrogens with one attached hydrogen (secondary N) is 1. The number of ether oxygens (including phenoxy) is 1. The van der Waals surface area contributed by atoms with E-state index in [2.05, 4.69) is 5.32 Å². The Balaban J connectivity index is 2.02. The van der Waals surface area contributed by atoms with Crippen molar-refractivity contribution in [2.24, 2.45) is 0 Å². The molecule has 0 aromatic heterocycles. The predicted octanol–water partition coefficient (Wildman–Crippen LogP) is 3.45. The summed E-state index contributed by atoms with van der Waals surface area (Å²) in [6.07, 6.45) is 0. The molecule has 1 N–H and O–H groups in total. The molecule has 2 rings (SSSR count). The summed E-state index contributed by atoms with van der Waals surface area (Å²) >= 11 is 0. The molecule has 2 aromatic rings. The molecule has 0 bridgehead atoms. The Labute approximate surface area is 123 Å². The van der Waals surface area contributed by atoms with Crippen LogP contribution in [0.3, 0.4) is 0 Å². The minimum atomic E-state index is -0.377. The molecule has 1 unspecified atom stereocenters. The Morgan fingerprint density at radius 2 is 2.00 bits per heavy atom. The molecule has 110 valence electrons. The summed E-state index contributed by atoms with van der Waals surface area (Å²) in [5.41, 5.74) is 2.11. The van der Waals surface area contributed by atoms with Gasteiger partial charge in [-0.05, 0) is 30.2 Å². The van der Waals surface area contributed by atoms with Crippen molar-refractivity contribution in [3.05, 3.63) is 69.8 Å². The molecule has 0 aliphatic heterocycles. The van der Waals surface area contributed by atoms with Crippen molar-refractivity contribution in [1.29, 1.82) is 0 Å². The van der Waals surface area contributed by atoms with Gasteiger partial charge in [-0.15, -0.1) is 0 Å². The molecule has 0 spiro atoms. The van der Waals surface area contributed by atoms with Crippen molar-refractivity contribution in [3.8, 4) is 5.75 Å². The third-order valence-corrected chi connectivity index (χ3v) is 3.33. The molecule has 2 aromatic carbocycles. The van der Waals surface area contributed by atoms with E-state index >= 15 is 0 Å². The van der Waals surface area contributed by atoms with Crippen molar-refractivity contribution >= 4 is 5.69 Å². The Bertz CT molecular complexity index is 628. The Morgan fingerprint density at radius 1 is 1.24 bits per heavy atom. The summed E-state index contributed by atoms with van der Waals surface area (Å²) < 4.78 is 5.19. The van der Waals surface area contributed by atoms with Crippen LogP contribution in [0.2, 0.25) is 0 Å². The van der Waals surface area contributed by atoms with Gasteiger partial charge in [-0.25, -0.2) is 0 Å². The molecule has 5 heteroatoms. The van der Waals surface area contributed by atoms with Crippen LogP contribution in [-0.2, 0) is 6.54 Å². The standard InChI is InChI=1S/C16H18N2O3/c1-12(14-6-4-7-15(10-14)18(19)20)17-11-13-5-3-8-16(9-13)21-2/h3-10,12,17H,11H2,1-2H3. The van der Waals surface area contributed by atoms with Crippen LogP contribution >= 0.6 is 0 Å². The van der Waals surface area contributed by atoms with E-state index in [9.17, 15) is 10.1 Å². The Kier molecular flexibility index (Phi) is 4.90. The Hall–Kier alpha value is -2.40. The highest BCUT2D eigenvalue weighted by Crippen LogP contribution is 2.20. The first-order valence-corrected chi connectivity index (χ1v) is 6.71. The quantitative estimate of drug-likeness (QED) is 0.652. The number of non-ortho nitro benzene ring substituents is 1. The molecule has 0 aliphatic rings. The van der Waals surface area contributed by atoms with E-state index in [1.807, 2.05) is 37.3 Å². The van der Waals surface area contributed by atoms with Crippen LogP contribution in [0.25, 0.3) is 0 Å². The second-order valence-electron chi connectivity index (χ2n) is 4.81. The van der Waals surface area contributed by atoms with Crippen molar-refractivity contribution in [1.82, 2.24) is 5.32 Å².